The molecule has 0 aliphatic rings. The molecule has 0 unspecified atom stereocenters. The zero-order valence-corrected chi connectivity index (χ0v) is 21.5. The number of pyridine rings is 1. The normalized spacial score (nSPS) is 11.5. The van der Waals surface area contributed by atoms with Gasteiger partial charge in [0.15, 0.2) is 0 Å². The lowest BCUT2D eigenvalue weighted by molar-refractivity contribution is 1.17. The molecule has 186 valence electrons. The molecule has 0 N–H and O–H groups in total. The van der Waals surface area contributed by atoms with Crippen molar-refractivity contribution < 1.29 is 0 Å². The minimum atomic E-state index is 0.607. The molecular weight excluding hydrogens is 488 g/mol. The van der Waals surface area contributed by atoms with E-state index >= 15 is 0 Å². The first-order chi connectivity index (χ1) is 19.8. The second-order valence-corrected chi connectivity index (χ2v) is 10.0. The van der Waals surface area contributed by atoms with Crippen LogP contribution in [-0.2, 0) is 0 Å². The van der Waals surface area contributed by atoms with Crippen LogP contribution in [0.25, 0.3) is 66.2 Å². The molecule has 40 heavy (non-hydrogen) atoms. The first-order valence-electron chi connectivity index (χ1n) is 13.3. The van der Waals surface area contributed by atoms with Crippen LogP contribution in [0.1, 0.15) is 5.56 Å². The Morgan fingerprint density at radius 1 is 0.500 bits per heavy atom. The van der Waals surface area contributed by atoms with Crippen molar-refractivity contribution in [3.8, 4) is 28.7 Å². The van der Waals surface area contributed by atoms with Gasteiger partial charge in [-0.15, -0.1) is 0 Å². The molecule has 5 aromatic carbocycles. The maximum atomic E-state index is 9.30. The van der Waals surface area contributed by atoms with E-state index in [-0.39, 0.29) is 0 Å². The number of para-hydroxylation sites is 3. The number of hydrogen-bond donors (Lipinski definition) is 0. The van der Waals surface area contributed by atoms with Crippen molar-refractivity contribution in [2.45, 2.75) is 0 Å². The van der Waals surface area contributed by atoms with Crippen LogP contribution in [0.5, 0.6) is 0 Å². The summed E-state index contributed by atoms with van der Waals surface area (Å²) in [6, 6.07) is 46.7. The van der Waals surface area contributed by atoms with Gasteiger partial charge in [-0.25, -0.2) is 0 Å². The summed E-state index contributed by atoms with van der Waals surface area (Å²) >= 11 is 0. The van der Waals surface area contributed by atoms with Crippen molar-refractivity contribution in [2.75, 3.05) is 0 Å². The number of hydrogen-bond acceptors (Lipinski definition) is 2. The van der Waals surface area contributed by atoms with Crippen LogP contribution < -0.4 is 0 Å². The number of nitrogens with zero attached hydrogens (tertiary/aromatic N) is 4. The molecule has 3 aromatic heterocycles. The molecule has 0 spiro atoms. The second-order valence-electron chi connectivity index (χ2n) is 10.0. The van der Waals surface area contributed by atoms with Crippen molar-refractivity contribution >= 4 is 43.6 Å². The smallest absolute Gasteiger partial charge is 0.0992 e. The maximum Gasteiger partial charge on any atom is 0.0992 e. The van der Waals surface area contributed by atoms with E-state index in [1.807, 2.05) is 6.07 Å². The highest BCUT2D eigenvalue weighted by atomic mass is 15.0. The maximum absolute atomic E-state index is 9.30. The summed E-state index contributed by atoms with van der Waals surface area (Å²) in [5.74, 6) is 0. The Labute approximate surface area is 230 Å². The van der Waals surface area contributed by atoms with Gasteiger partial charge >= 0.3 is 0 Å². The van der Waals surface area contributed by atoms with Crippen molar-refractivity contribution in [1.29, 1.82) is 5.26 Å². The highest BCUT2D eigenvalue weighted by Gasteiger charge is 2.18. The summed E-state index contributed by atoms with van der Waals surface area (Å²) < 4.78 is 4.72. The molecule has 0 atom stereocenters. The Hall–Kier alpha value is -5.66. The van der Waals surface area contributed by atoms with Gasteiger partial charge in [-0.05, 0) is 60.7 Å². The number of rotatable bonds is 3. The summed E-state index contributed by atoms with van der Waals surface area (Å²) in [4.78, 5) is 4.48. The standard InChI is InChI=1S/C36H22N4/c37-23-24-18-19-38-32(20-24)25-14-16-27(17-15-25)40-34-13-7-5-11-29(34)31-21-35-30(22-36(31)40)28-10-4-6-12-33(28)39(35)26-8-2-1-3-9-26/h1-22H. The summed E-state index contributed by atoms with van der Waals surface area (Å²) in [7, 11) is 0. The zero-order chi connectivity index (χ0) is 26.6. The Morgan fingerprint density at radius 2 is 1.05 bits per heavy atom. The van der Waals surface area contributed by atoms with E-state index in [1.165, 1.54) is 38.1 Å². The predicted molar refractivity (Wildman–Crippen MR) is 163 cm³/mol. The van der Waals surface area contributed by atoms with E-state index in [1.54, 1.807) is 12.3 Å². The third-order valence-corrected chi connectivity index (χ3v) is 7.79. The SMILES string of the molecule is N#Cc1ccnc(-c2ccc(-n3c4ccccc4c4cc5c(cc43)c3ccccc3n5-c3ccccc3)cc2)c1. The molecule has 0 fully saturated rings. The molecule has 0 saturated heterocycles. The van der Waals surface area contributed by atoms with Gasteiger partial charge in [-0.3, -0.25) is 4.98 Å². The first-order valence-corrected chi connectivity index (χ1v) is 13.3. The van der Waals surface area contributed by atoms with E-state index in [2.05, 4.69) is 135 Å². The Bertz CT molecular complexity index is 2260. The van der Waals surface area contributed by atoms with Crippen molar-refractivity contribution in [1.82, 2.24) is 14.1 Å². The van der Waals surface area contributed by atoms with Crippen LogP contribution in [0.3, 0.4) is 0 Å². The highest BCUT2D eigenvalue weighted by Crippen LogP contribution is 2.39. The Morgan fingerprint density at radius 3 is 1.65 bits per heavy atom. The largest absolute Gasteiger partial charge is 0.309 e. The van der Waals surface area contributed by atoms with Gasteiger partial charge in [-0.2, -0.15) is 5.26 Å². The molecule has 4 heteroatoms. The molecule has 0 aliphatic carbocycles. The molecule has 0 radical (unpaired) electrons. The number of fused-ring (bicyclic) bond motifs is 6. The van der Waals surface area contributed by atoms with Gasteiger partial charge < -0.3 is 9.13 Å². The van der Waals surface area contributed by atoms with Crippen molar-refractivity contribution in [2.24, 2.45) is 0 Å². The lowest BCUT2D eigenvalue weighted by atomic mass is 10.1. The minimum absolute atomic E-state index is 0.607. The second kappa shape index (κ2) is 8.69. The topological polar surface area (TPSA) is 46.5 Å². The average molecular weight is 511 g/mol. The summed E-state index contributed by atoms with van der Waals surface area (Å²) in [6.07, 6.45) is 1.69. The van der Waals surface area contributed by atoms with Gasteiger partial charge in [-0.1, -0.05) is 66.7 Å². The molecule has 4 nitrogen and oxygen atoms in total. The Kier molecular flexibility index (Phi) is 4.85. The van der Waals surface area contributed by atoms with Gasteiger partial charge in [0.2, 0.25) is 0 Å². The van der Waals surface area contributed by atoms with Crippen LogP contribution in [-0.4, -0.2) is 14.1 Å². The Balaban J connectivity index is 1.41. The average Bonchev–Trinajstić information content (AvgIpc) is 3.52. The van der Waals surface area contributed by atoms with Crippen LogP contribution in [0.2, 0.25) is 0 Å². The molecule has 0 amide bonds. The van der Waals surface area contributed by atoms with E-state index in [4.69, 9.17) is 0 Å². The number of nitriles is 1. The predicted octanol–water partition coefficient (Wildman–Crippen LogP) is 8.81. The summed E-state index contributed by atoms with van der Waals surface area (Å²) in [5, 5.41) is 14.2. The van der Waals surface area contributed by atoms with Crippen LogP contribution in [0, 0.1) is 11.3 Å². The molecular formula is C36H22N4. The first kappa shape index (κ1) is 22.3. The van der Waals surface area contributed by atoms with Gasteiger partial charge in [0.1, 0.15) is 0 Å². The zero-order valence-electron chi connectivity index (χ0n) is 21.5. The highest BCUT2D eigenvalue weighted by molar-refractivity contribution is 6.19. The van der Waals surface area contributed by atoms with Gasteiger partial charge in [0.05, 0.1) is 39.4 Å². The quantitative estimate of drug-likeness (QED) is 0.238. The molecule has 0 bridgehead atoms. The van der Waals surface area contributed by atoms with Gasteiger partial charge in [0.25, 0.3) is 0 Å². The van der Waals surface area contributed by atoms with Crippen molar-refractivity contribution in [3.63, 3.8) is 0 Å². The molecule has 3 heterocycles. The molecule has 8 aromatic rings. The van der Waals surface area contributed by atoms with E-state index in [0.717, 1.165) is 28.1 Å². The fraction of sp³-hybridized carbons (Fsp3) is 0. The van der Waals surface area contributed by atoms with E-state index in [0.29, 0.717) is 5.56 Å². The summed E-state index contributed by atoms with van der Waals surface area (Å²) in [6.45, 7) is 0. The lowest BCUT2D eigenvalue weighted by Gasteiger charge is -2.10. The van der Waals surface area contributed by atoms with E-state index < -0.39 is 0 Å². The number of aromatic nitrogens is 3. The monoisotopic (exact) mass is 510 g/mol. The molecule has 0 aliphatic heterocycles. The van der Waals surface area contributed by atoms with Crippen LogP contribution in [0.15, 0.2) is 134 Å². The third kappa shape index (κ3) is 3.28. The third-order valence-electron chi connectivity index (χ3n) is 7.79. The minimum Gasteiger partial charge on any atom is -0.309 e. The molecule has 0 saturated carbocycles. The van der Waals surface area contributed by atoms with E-state index in [9.17, 15) is 5.26 Å². The van der Waals surface area contributed by atoms with Crippen LogP contribution in [0.4, 0.5) is 0 Å². The lowest BCUT2D eigenvalue weighted by Crippen LogP contribution is -1.95. The van der Waals surface area contributed by atoms with Crippen molar-refractivity contribution in [3.05, 3.63) is 139 Å². The summed E-state index contributed by atoms with van der Waals surface area (Å²) in [5.41, 5.74) is 9.35. The molecule has 8 rings (SSSR count). The van der Waals surface area contributed by atoms with Crippen LogP contribution >= 0.6 is 0 Å². The van der Waals surface area contributed by atoms with Gasteiger partial charge in [0, 0.05) is 44.7 Å². The fourth-order valence-corrected chi connectivity index (χ4v) is 6.00. The number of benzene rings is 5. The fourth-order valence-electron chi connectivity index (χ4n) is 6.00.